The Morgan fingerprint density at radius 2 is 0.687 bits per heavy atom. The van der Waals surface area contributed by atoms with Crippen LogP contribution >= 0.6 is 32.0 Å². The first-order valence-electron chi connectivity index (χ1n) is 22.0. The molecule has 0 aliphatic carbocycles. The third-order valence-electron chi connectivity index (χ3n) is 10.1. The minimum atomic E-state index is -4.36. The van der Waals surface area contributed by atoms with Crippen molar-refractivity contribution in [3.8, 4) is 74.7 Å². The SMILES string of the molecule is C.C.C.C.CCOS(=O)(=O)c1cc(C)c(O)cc1Oc1cc(O)c(OC)cc1S(=O)(=O)OCC.COc1cc(S(=O)(=O)Cl)c(Oc2cc(O)c(C)cc2S(=O)(=O)Cl)cc1O.COc1ccc(Oc2ccc(C)c(C)c2)cc1C.O=S(=O)(O)Cl. The summed E-state index contributed by atoms with van der Waals surface area (Å²) in [6.45, 7) is 11.7. The topological polar surface area (TPSA) is 346 Å². The number of hydrogen-bond donors (Lipinski definition) is 5. The molecule has 5 N–H and O–H groups in total. The second-order valence-corrected chi connectivity index (χ2v) is 26.0. The molecule has 466 valence electrons. The Hall–Kier alpha value is -6.18. The average molecular weight is 1330 g/mol. The second-order valence-electron chi connectivity index (χ2n) is 15.8. The van der Waals surface area contributed by atoms with Gasteiger partial charge in [0.25, 0.3) is 18.1 Å². The molecule has 0 radical (unpaired) electrons. The lowest BCUT2D eigenvalue weighted by atomic mass is 10.1. The predicted molar refractivity (Wildman–Crippen MR) is 317 cm³/mol. The maximum absolute atomic E-state index is 12.5. The van der Waals surface area contributed by atoms with Crippen LogP contribution in [0.3, 0.4) is 0 Å². The van der Waals surface area contributed by atoms with Crippen LogP contribution in [0.15, 0.2) is 105 Å². The maximum Gasteiger partial charge on any atom is 0.353 e. The summed E-state index contributed by atoms with van der Waals surface area (Å²) >= 11 is 0. The highest BCUT2D eigenvalue weighted by atomic mass is 35.7. The van der Waals surface area contributed by atoms with Crippen LogP contribution in [-0.2, 0) is 56.0 Å². The van der Waals surface area contributed by atoms with E-state index >= 15 is 0 Å². The molecule has 31 heteroatoms. The summed E-state index contributed by atoms with van der Waals surface area (Å²) in [5.41, 5.74) is 3.99. The fourth-order valence-corrected chi connectivity index (χ4v) is 10.4. The lowest BCUT2D eigenvalue weighted by molar-refractivity contribution is 0.330. The van der Waals surface area contributed by atoms with Crippen LogP contribution in [0.5, 0.6) is 74.7 Å². The number of ether oxygens (including phenoxy) is 6. The number of phenolic OH excluding ortho intramolecular Hbond substituents is 4. The molecule has 0 unspecified atom stereocenters. The third kappa shape index (κ3) is 23.1. The first-order valence-corrected chi connectivity index (χ1v) is 31.7. The zero-order valence-corrected chi connectivity index (χ0v) is 49.6. The zero-order chi connectivity index (χ0) is 60.2. The van der Waals surface area contributed by atoms with Gasteiger partial charge in [-0.25, -0.2) is 16.8 Å². The Morgan fingerprint density at radius 1 is 0.373 bits per heavy atom. The van der Waals surface area contributed by atoms with E-state index in [1.165, 1.54) is 53.0 Å². The van der Waals surface area contributed by atoms with E-state index < -0.39 is 102 Å². The molecule has 0 fully saturated rings. The minimum absolute atomic E-state index is 0. The van der Waals surface area contributed by atoms with Crippen molar-refractivity contribution >= 4 is 79.7 Å². The lowest BCUT2D eigenvalue weighted by Gasteiger charge is -2.17. The molecule has 0 saturated carbocycles. The summed E-state index contributed by atoms with van der Waals surface area (Å²) in [6, 6.07) is 19.7. The van der Waals surface area contributed by atoms with Gasteiger partial charge in [0.15, 0.2) is 46.0 Å². The van der Waals surface area contributed by atoms with Crippen molar-refractivity contribution in [3.63, 3.8) is 0 Å². The molecular weight excluding hydrogens is 1260 g/mol. The van der Waals surface area contributed by atoms with Gasteiger partial charge in [-0.15, -0.1) is 0 Å². The first-order chi connectivity index (χ1) is 36.4. The van der Waals surface area contributed by atoms with E-state index in [0.29, 0.717) is 0 Å². The van der Waals surface area contributed by atoms with Crippen LogP contribution in [-0.4, -0.2) is 102 Å². The molecule has 6 rings (SSSR count). The molecule has 6 aromatic carbocycles. The van der Waals surface area contributed by atoms with Gasteiger partial charge in [-0.1, -0.05) is 35.8 Å². The molecule has 0 bridgehead atoms. The first kappa shape index (κ1) is 78.9. The fourth-order valence-electron chi connectivity index (χ4n) is 6.28. The van der Waals surface area contributed by atoms with Crippen LogP contribution < -0.4 is 28.4 Å². The molecule has 0 atom stereocenters. The second kappa shape index (κ2) is 32.8. The summed E-state index contributed by atoms with van der Waals surface area (Å²) in [6.07, 6.45) is 0. The van der Waals surface area contributed by atoms with E-state index in [1.54, 1.807) is 7.11 Å². The third-order valence-corrected chi connectivity index (χ3v) is 15.6. The average Bonchev–Trinajstić information content (AvgIpc) is 3.41. The summed E-state index contributed by atoms with van der Waals surface area (Å²) in [4.78, 5) is -2.05. The van der Waals surface area contributed by atoms with E-state index in [4.69, 9.17) is 71.1 Å². The molecule has 23 nitrogen and oxygen atoms in total. The highest BCUT2D eigenvalue weighted by Crippen LogP contribution is 2.44. The number of phenols is 4. The fraction of sp³-hybridized carbons (Fsp3) is 0.308. The van der Waals surface area contributed by atoms with Gasteiger partial charge in [0.1, 0.15) is 48.3 Å². The van der Waals surface area contributed by atoms with Crippen molar-refractivity contribution < 1.29 is 104 Å². The molecular formula is C52H69Cl3O23S5. The highest BCUT2D eigenvalue weighted by molar-refractivity contribution is 8.14. The van der Waals surface area contributed by atoms with Crippen molar-refractivity contribution in [3.05, 3.63) is 113 Å². The van der Waals surface area contributed by atoms with Gasteiger partial charge in [-0.2, -0.15) is 25.3 Å². The van der Waals surface area contributed by atoms with Gasteiger partial charge in [0, 0.05) is 68.4 Å². The highest BCUT2D eigenvalue weighted by Gasteiger charge is 2.29. The van der Waals surface area contributed by atoms with Crippen molar-refractivity contribution in [2.24, 2.45) is 0 Å². The van der Waals surface area contributed by atoms with Crippen LogP contribution in [0.2, 0.25) is 0 Å². The van der Waals surface area contributed by atoms with Gasteiger partial charge in [-0.05, 0) is 119 Å². The summed E-state index contributed by atoms with van der Waals surface area (Å²) in [7, 11) is -2.62. The van der Waals surface area contributed by atoms with Crippen molar-refractivity contribution in [2.75, 3.05) is 34.5 Å². The molecule has 0 aliphatic rings. The molecule has 0 aliphatic heterocycles. The minimum Gasteiger partial charge on any atom is -0.508 e. The van der Waals surface area contributed by atoms with Gasteiger partial charge >= 0.3 is 29.6 Å². The number of halogens is 3. The van der Waals surface area contributed by atoms with E-state index in [0.717, 1.165) is 71.3 Å². The Balaban J connectivity index is 0. The number of hydrogen-bond acceptors (Lipinski definition) is 22. The van der Waals surface area contributed by atoms with Crippen molar-refractivity contribution in [1.82, 2.24) is 0 Å². The van der Waals surface area contributed by atoms with Crippen LogP contribution in [0, 0.1) is 34.6 Å². The Labute approximate surface area is 500 Å². The summed E-state index contributed by atoms with van der Waals surface area (Å²) in [5, 5.41) is 39.7. The van der Waals surface area contributed by atoms with E-state index in [-0.39, 0.29) is 77.0 Å². The zero-order valence-electron chi connectivity index (χ0n) is 43.3. The van der Waals surface area contributed by atoms with Crippen molar-refractivity contribution in [1.29, 1.82) is 0 Å². The normalized spacial score (nSPS) is 11.0. The molecule has 83 heavy (non-hydrogen) atoms. The molecule has 6 aromatic rings. The van der Waals surface area contributed by atoms with Gasteiger partial charge in [-0.3, -0.25) is 12.9 Å². The van der Waals surface area contributed by atoms with E-state index in [2.05, 4.69) is 36.7 Å². The quantitative estimate of drug-likeness (QED) is 0.0322. The van der Waals surface area contributed by atoms with Gasteiger partial charge in [0.2, 0.25) is 0 Å². The maximum atomic E-state index is 12.5. The van der Waals surface area contributed by atoms with Crippen LogP contribution in [0.1, 0.15) is 71.4 Å². The predicted octanol–water partition coefficient (Wildman–Crippen LogP) is 12.7. The molecule has 0 spiro atoms. The lowest BCUT2D eigenvalue weighted by Crippen LogP contribution is -2.10. The van der Waals surface area contributed by atoms with Gasteiger partial charge < -0.3 is 48.8 Å². The van der Waals surface area contributed by atoms with E-state index in [9.17, 15) is 54.1 Å². The molecule has 0 saturated heterocycles. The molecule has 0 heterocycles. The van der Waals surface area contributed by atoms with E-state index in [1.807, 2.05) is 31.2 Å². The summed E-state index contributed by atoms with van der Waals surface area (Å²) < 4.78 is 163. The number of aromatic hydroxyl groups is 4. The van der Waals surface area contributed by atoms with Crippen LogP contribution in [0.25, 0.3) is 0 Å². The smallest absolute Gasteiger partial charge is 0.353 e. The largest absolute Gasteiger partial charge is 0.508 e. The Morgan fingerprint density at radius 3 is 1.04 bits per heavy atom. The molecule has 0 amide bonds. The summed E-state index contributed by atoms with van der Waals surface area (Å²) in [5.74, 6) is -1.19. The monoisotopic (exact) mass is 1330 g/mol. The van der Waals surface area contributed by atoms with Crippen LogP contribution in [0.4, 0.5) is 0 Å². The molecule has 0 aromatic heterocycles. The van der Waals surface area contributed by atoms with Crippen molar-refractivity contribution in [2.45, 2.75) is 97.8 Å². The van der Waals surface area contributed by atoms with Gasteiger partial charge in [0.05, 0.1) is 34.5 Å². The Bertz CT molecular complexity index is 3760. The number of methoxy groups -OCH3 is 3. The Kier molecular flexibility index (Phi) is 31.1. The number of benzene rings is 6. The standard InChI is InChI=1S/C18H22O10S2.C16H18O2.C14H12Cl2O8S2.4CH4.ClHO3S/c1-5-26-29(21,22)17-7-11(3)12(19)8-15(17)28-16-9-13(20)14(25-4)10-18(16)30(23,24)27-6-2;1-11-5-6-14(9-12(11)2)18-15-7-8-16(17-4)13(3)10-15;1-7-3-13(25(15,19)20)11(4-8(7)17)24-12-5-9(18)10(23-2)6-14(12)26(16,21)22;;;;;1-5(2,3)4/h7-10,19-20H,5-6H2,1-4H3;5-10H,1-4H3;3-6,17-18H,1-2H3;4*1H4;(H,2,3,4). The number of aryl methyl sites for hydroxylation is 5. The number of rotatable bonds is 17.